The summed E-state index contributed by atoms with van der Waals surface area (Å²) in [6.45, 7) is 3.39. The highest BCUT2D eigenvalue weighted by Gasteiger charge is 2.35. The third-order valence-corrected chi connectivity index (χ3v) is 3.90. The fourth-order valence-corrected chi connectivity index (χ4v) is 3.32. The number of piperidine rings is 2. The van der Waals surface area contributed by atoms with Crippen molar-refractivity contribution in [3.05, 3.63) is 0 Å². The summed E-state index contributed by atoms with van der Waals surface area (Å²) in [4.78, 5) is 13.3. The minimum Gasteiger partial charge on any atom is -0.481 e. The maximum Gasteiger partial charge on any atom is 0.304 e. The van der Waals surface area contributed by atoms with Crippen LogP contribution in [0.25, 0.3) is 0 Å². The first kappa shape index (κ1) is 10.9. The molecule has 86 valence electrons. The Morgan fingerprint density at radius 3 is 2.93 bits per heavy atom. The first-order valence-corrected chi connectivity index (χ1v) is 6.14. The Kier molecular flexibility index (Phi) is 3.29. The largest absolute Gasteiger partial charge is 0.481 e. The number of hydrogen-bond donors (Lipinski definition) is 1. The zero-order valence-corrected chi connectivity index (χ0v) is 9.48. The quantitative estimate of drug-likeness (QED) is 0.760. The molecule has 2 aliphatic rings. The molecule has 3 nitrogen and oxygen atoms in total. The van der Waals surface area contributed by atoms with Gasteiger partial charge in [-0.1, -0.05) is 13.3 Å². The van der Waals surface area contributed by atoms with Gasteiger partial charge in [0.25, 0.3) is 0 Å². The second-order valence-corrected chi connectivity index (χ2v) is 5.22. The smallest absolute Gasteiger partial charge is 0.304 e. The minimum absolute atomic E-state index is 0.302. The van der Waals surface area contributed by atoms with Crippen LogP contribution in [0.3, 0.4) is 0 Å². The van der Waals surface area contributed by atoms with E-state index < -0.39 is 5.97 Å². The van der Waals surface area contributed by atoms with Crippen LogP contribution in [0.1, 0.15) is 45.4 Å². The van der Waals surface area contributed by atoms with Crippen molar-refractivity contribution in [2.75, 3.05) is 6.54 Å². The predicted octanol–water partition coefficient (Wildman–Crippen LogP) is 2.11. The first-order chi connectivity index (χ1) is 7.16. The molecule has 0 aromatic carbocycles. The number of fused-ring (bicyclic) bond motifs is 1. The molecule has 2 rings (SSSR count). The number of nitrogens with zero attached hydrogens (tertiary/aromatic N) is 1. The molecule has 0 saturated carbocycles. The number of hydrogen-bond acceptors (Lipinski definition) is 2. The summed E-state index contributed by atoms with van der Waals surface area (Å²) in [5, 5.41) is 8.92. The second kappa shape index (κ2) is 4.52. The standard InChI is InChI=1S/C12H21NO2/c1-9-6-10-4-2-3-5-13(10)11(7-9)8-12(14)15/h9-11H,2-8H2,1H3,(H,14,15). The van der Waals surface area contributed by atoms with Crippen LogP contribution in [0.2, 0.25) is 0 Å². The van der Waals surface area contributed by atoms with Crippen molar-refractivity contribution in [2.45, 2.75) is 57.5 Å². The number of carbonyl (C=O) groups is 1. The van der Waals surface area contributed by atoms with Gasteiger partial charge in [-0.25, -0.2) is 0 Å². The molecule has 0 aromatic rings. The summed E-state index contributed by atoms with van der Waals surface area (Å²) in [5.74, 6) is 0.0622. The molecule has 1 N–H and O–H groups in total. The highest BCUT2D eigenvalue weighted by atomic mass is 16.4. The summed E-state index contributed by atoms with van der Waals surface area (Å²) < 4.78 is 0. The van der Waals surface area contributed by atoms with E-state index in [4.69, 9.17) is 5.11 Å². The van der Waals surface area contributed by atoms with Crippen LogP contribution >= 0.6 is 0 Å². The Bertz CT molecular complexity index is 242. The average molecular weight is 211 g/mol. The summed E-state index contributed by atoms with van der Waals surface area (Å²) in [6, 6.07) is 0.975. The fraction of sp³-hybridized carbons (Fsp3) is 0.917. The monoisotopic (exact) mass is 211 g/mol. The van der Waals surface area contributed by atoms with E-state index in [2.05, 4.69) is 11.8 Å². The molecule has 2 fully saturated rings. The summed E-state index contributed by atoms with van der Waals surface area (Å²) in [7, 11) is 0. The average Bonchev–Trinajstić information content (AvgIpc) is 2.16. The Balaban J connectivity index is 2.03. The molecule has 0 amide bonds. The fourth-order valence-electron chi connectivity index (χ4n) is 3.32. The molecule has 0 radical (unpaired) electrons. The van der Waals surface area contributed by atoms with E-state index in [1.54, 1.807) is 0 Å². The zero-order chi connectivity index (χ0) is 10.8. The van der Waals surface area contributed by atoms with E-state index in [1.165, 1.54) is 25.7 Å². The van der Waals surface area contributed by atoms with Crippen LogP contribution < -0.4 is 0 Å². The van der Waals surface area contributed by atoms with Crippen molar-refractivity contribution in [1.29, 1.82) is 0 Å². The Morgan fingerprint density at radius 2 is 2.20 bits per heavy atom. The predicted molar refractivity (Wildman–Crippen MR) is 58.8 cm³/mol. The summed E-state index contributed by atoms with van der Waals surface area (Å²) >= 11 is 0. The van der Waals surface area contributed by atoms with E-state index in [9.17, 15) is 4.79 Å². The molecule has 0 bridgehead atoms. The molecule has 2 aliphatic heterocycles. The van der Waals surface area contributed by atoms with Gasteiger partial charge in [0.15, 0.2) is 0 Å². The normalized spacial score (nSPS) is 37.3. The van der Waals surface area contributed by atoms with E-state index >= 15 is 0 Å². The van der Waals surface area contributed by atoms with Crippen LogP contribution in [-0.2, 0) is 4.79 Å². The van der Waals surface area contributed by atoms with Gasteiger partial charge < -0.3 is 5.11 Å². The highest BCUT2D eigenvalue weighted by Crippen LogP contribution is 2.34. The molecule has 3 atom stereocenters. The van der Waals surface area contributed by atoms with Gasteiger partial charge in [0, 0.05) is 12.1 Å². The van der Waals surface area contributed by atoms with Crippen molar-refractivity contribution < 1.29 is 9.90 Å². The molecule has 3 heteroatoms. The molecule has 0 spiro atoms. The van der Waals surface area contributed by atoms with Crippen LogP contribution in [0, 0.1) is 5.92 Å². The molecular weight excluding hydrogens is 190 g/mol. The van der Waals surface area contributed by atoms with Gasteiger partial charge in [-0.05, 0) is 38.1 Å². The molecule has 2 heterocycles. The van der Waals surface area contributed by atoms with Gasteiger partial charge in [-0.2, -0.15) is 0 Å². The lowest BCUT2D eigenvalue weighted by Crippen LogP contribution is -2.51. The molecular formula is C12H21NO2. The van der Waals surface area contributed by atoms with E-state index in [-0.39, 0.29) is 0 Å². The van der Waals surface area contributed by atoms with Gasteiger partial charge in [0.05, 0.1) is 6.42 Å². The molecule has 0 aromatic heterocycles. The van der Waals surface area contributed by atoms with Gasteiger partial charge >= 0.3 is 5.97 Å². The van der Waals surface area contributed by atoms with Gasteiger partial charge in [-0.15, -0.1) is 0 Å². The van der Waals surface area contributed by atoms with Crippen LogP contribution in [0.5, 0.6) is 0 Å². The maximum absolute atomic E-state index is 10.8. The lowest BCUT2D eigenvalue weighted by Gasteiger charge is -2.46. The second-order valence-electron chi connectivity index (χ2n) is 5.22. The zero-order valence-electron chi connectivity index (χ0n) is 9.48. The van der Waals surface area contributed by atoms with E-state index in [0.29, 0.717) is 24.4 Å². The van der Waals surface area contributed by atoms with Crippen molar-refractivity contribution in [3.63, 3.8) is 0 Å². The Morgan fingerprint density at radius 1 is 1.40 bits per heavy atom. The lowest BCUT2D eigenvalue weighted by molar-refractivity contribution is -0.139. The van der Waals surface area contributed by atoms with Gasteiger partial charge in [-0.3, -0.25) is 9.69 Å². The number of rotatable bonds is 2. The third-order valence-electron chi connectivity index (χ3n) is 3.90. The third kappa shape index (κ3) is 2.51. The highest BCUT2D eigenvalue weighted by molar-refractivity contribution is 5.67. The van der Waals surface area contributed by atoms with Gasteiger partial charge in [0.2, 0.25) is 0 Å². The Hall–Kier alpha value is -0.570. The SMILES string of the molecule is CC1CC2CCCCN2C(CC(=O)O)C1. The van der Waals surface area contributed by atoms with E-state index in [0.717, 1.165) is 13.0 Å². The van der Waals surface area contributed by atoms with Crippen LogP contribution in [0.4, 0.5) is 0 Å². The molecule has 0 aliphatic carbocycles. The lowest BCUT2D eigenvalue weighted by atomic mass is 9.82. The van der Waals surface area contributed by atoms with Crippen molar-refractivity contribution in [1.82, 2.24) is 4.90 Å². The van der Waals surface area contributed by atoms with Crippen molar-refractivity contribution in [2.24, 2.45) is 5.92 Å². The molecule has 3 unspecified atom stereocenters. The number of carboxylic acids is 1. The molecule has 15 heavy (non-hydrogen) atoms. The first-order valence-electron chi connectivity index (χ1n) is 6.14. The topological polar surface area (TPSA) is 40.5 Å². The van der Waals surface area contributed by atoms with Gasteiger partial charge in [0.1, 0.15) is 0 Å². The Labute approximate surface area is 91.5 Å². The summed E-state index contributed by atoms with van der Waals surface area (Å²) in [5.41, 5.74) is 0. The van der Waals surface area contributed by atoms with Crippen LogP contribution in [-0.4, -0.2) is 34.6 Å². The van der Waals surface area contributed by atoms with Crippen molar-refractivity contribution in [3.8, 4) is 0 Å². The molecule has 2 saturated heterocycles. The minimum atomic E-state index is -0.640. The number of aliphatic carboxylic acids is 1. The summed E-state index contributed by atoms with van der Waals surface area (Å²) in [6.07, 6.45) is 6.54. The maximum atomic E-state index is 10.8. The van der Waals surface area contributed by atoms with Crippen LogP contribution in [0.15, 0.2) is 0 Å². The van der Waals surface area contributed by atoms with Crippen molar-refractivity contribution >= 4 is 5.97 Å². The van der Waals surface area contributed by atoms with E-state index in [1.807, 2.05) is 0 Å². The number of carboxylic acid groups (broad SMARTS) is 1.